The minimum absolute atomic E-state index is 0.177. The molecule has 126 valence electrons. The van der Waals surface area contributed by atoms with Crippen molar-refractivity contribution in [2.24, 2.45) is 0 Å². The number of anilines is 2. The summed E-state index contributed by atoms with van der Waals surface area (Å²) >= 11 is 0. The van der Waals surface area contributed by atoms with Gasteiger partial charge in [-0.25, -0.2) is 0 Å². The van der Waals surface area contributed by atoms with Gasteiger partial charge < -0.3 is 25.9 Å². The minimum atomic E-state index is 0.177. The molecule has 5 N–H and O–H groups in total. The number of aromatic amines is 1. The summed E-state index contributed by atoms with van der Waals surface area (Å²) in [5.41, 5.74) is 8.37. The SMILES string of the molecule is COc1cccc(CNc2nc(N)nc3[nH]c4ccc(O)cc4c23)c1. The first-order chi connectivity index (χ1) is 12.1. The Labute approximate surface area is 143 Å². The van der Waals surface area contributed by atoms with E-state index in [0.29, 0.717) is 18.0 Å². The summed E-state index contributed by atoms with van der Waals surface area (Å²) in [6.45, 7) is 0.550. The smallest absolute Gasteiger partial charge is 0.223 e. The molecule has 0 saturated carbocycles. The number of hydrogen-bond acceptors (Lipinski definition) is 6. The van der Waals surface area contributed by atoms with E-state index in [1.54, 1.807) is 25.3 Å². The Morgan fingerprint density at radius 3 is 2.92 bits per heavy atom. The highest BCUT2D eigenvalue weighted by Gasteiger charge is 2.13. The van der Waals surface area contributed by atoms with Crippen LogP contribution in [0.5, 0.6) is 11.5 Å². The first-order valence-corrected chi connectivity index (χ1v) is 7.79. The highest BCUT2D eigenvalue weighted by molar-refractivity contribution is 6.11. The fourth-order valence-corrected chi connectivity index (χ4v) is 2.90. The molecule has 0 amide bonds. The summed E-state index contributed by atoms with van der Waals surface area (Å²) in [6, 6.07) is 12.9. The number of phenolic OH excluding ortho intramolecular Hbond substituents is 1. The number of ether oxygens (including phenoxy) is 1. The van der Waals surface area contributed by atoms with Gasteiger partial charge in [0.05, 0.1) is 12.5 Å². The molecule has 0 aliphatic heterocycles. The van der Waals surface area contributed by atoms with Crippen LogP contribution in [0.4, 0.5) is 11.8 Å². The van der Waals surface area contributed by atoms with Crippen LogP contribution in [0.25, 0.3) is 21.9 Å². The molecule has 0 fully saturated rings. The number of nitrogens with two attached hydrogens (primary N) is 1. The molecule has 0 atom stereocenters. The average molecular weight is 335 g/mol. The zero-order valence-corrected chi connectivity index (χ0v) is 13.6. The molecule has 0 saturated heterocycles. The normalized spacial score (nSPS) is 11.1. The molecule has 4 aromatic rings. The predicted molar refractivity (Wildman–Crippen MR) is 97.8 cm³/mol. The van der Waals surface area contributed by atoms with Crippen LogP contribution in [-0.4, -0.2) is 27.2 Å². The van der Waals surface area contributed by atoms with E-state index in [-0.39, 0.29) is 11.7 Å². The zero-order valence-electron chi connectivity index (χ0n) is 13.6. The number of methoxy groups -OCH3 is 1. The predicted octanol–water partition coefficient (Wildman–Crippen LogP) is 3.02. The van der Waals surface area contributed by atoms with Gasteiger partial charge in [-0.05, 0) is 35.9 Å². The van der Waals surface area contributed by atoms with E-state index in [2.05, 4.69) is 20.3 Å². The third-order valence-corrected chi connectivity index (χ3v) is 4.05. The molecule has 7 heteroatoms. The lowest BCUT2D eigenvalue weighted by molar-refractivity contribution is 0.414. The second-order valence-electron chi connectivity index (χ2n) is 5.71. The number of nitrogens with one attached hydrogen (secondary N) is 2. The number of aromatic hydroxyl groups is 1. The van der Waals surface area contributed by atoms with E-state index in [9.17, 15) is 5.11 Å². The van der Waals surface area contributed by atoms with Gasteiger partial charge in [-0.15, -0.1) is 0 Å². The van der Waals surface area contributed by atoms with Crippen molar-refractivity contribution in [1.29, 1.82) is 0 Å². The number of nitrogens with zero attached hydrogens (tertiary/aromatic N) is 2. The fourth-order valence-electron chi connectivity index (χ4n) is 2.90. The molecule has 2 aromatic heterocycles. The van der Waals surface area contributed by atoms with Crippen molar-refractivity contribution < 1.29 is 9.84 Å². The first-order valence-electron chi connectivity index (χ1n) is 7.79. The highest BCUT2D eigenvalue weighted by atomic mass is 16.5. The van der Waals surface area contributed by atoms with Crippen LogP contribution >= 0.6 is 0 Å². The molecule has 0 bridgehead atoms. The van der Waals surface area contributed by atoms with E-state index in [1.165, 1.54) is 0 Å². The summed E-state index contributed by atoms with van der Waals surface area (Å²) in [7, 11) is 1.64. The second-order valence-corrected chi connectivity index (χ2v) is 5.71. The molecular weight excluding hydrogens is 318 g/mol. The largest absolute Gasteiger partial charge is 0.508 e. The maximum atomic E-state index is 9.81. The quantitative estimate of drug-likeness (QED) is 0.456. The maximum absolute atomic E-state index is 9.81. The van der Waals surface area contributed by atoms with Gasteiger partial charge in [-0.3, -0.25) is 0 Å². The summed E-state index contributed by atoms with van der Waals surface area (Å²) in [4.78, 5) is 11.8. The van der Waals surface area contributed by atoms with Crippen LogP contribution in [0.15, 0.2) is 42.5 Å². The van der Waals surface area contributed by atoms with Crippen molar-refractivity contribution >= 4 is 33.7 Å². The van der Waals surface area contributed by atoms with Crippen LogP contribution in [0.3, 0.4) is 0 Å². The number of aromatic nitrogens is 3. The van der Waals surface area contributed by atoms with Crippen molar-refractivity contribution in [1.82, 2.24) is 15.0 Å². The summed E-state index contributed by atoms with van der Waals surface area (Å²) < 4.78 is 5.25. The first kappa shape index (κ1) is 15.1. The molecule has 2 heterocycles. The van der Waals surface area contributed by atoms with Gasteiger partial charge in [0, 0.05) is 17.4 Å². The molecule has 25 heavy (non-hydrogen) atoms. The summed E-state index contributed by atoms with van der Waals surface area (Å²) in [6.07, 6.45) is 0. The van der Waals surface area contributed by atoms with Crippen LogP contribution in [-0.2, 0) is 6.54 Å². The topological polar surface area (TPSA) is 109 Å². The Balaban J connectivity index is 1.77. The van der Waals surface area contributed by atoms with Gasteiger partial charge in [-0.1, -0.05) is 12.1 Å². The third kappa shape index (κ3) is 2.76. The lowest BCUT2D eigenvalue weighted by Crippen LogP contribution is -2.05. The molecule has 0 aliphatic rings. The van der Waals surface area contributed by atoms with Gasteiger partial charge in [-0.2, -0.15) is 9.97 Å². The van der Waals surface area contributed by atoms with E-state index in [0.717, 1.165) is 27.6 Å². The highest BCUT2D eigenvalue weighted by Crippen LogP contribution is 2.32. The number of fused-ring (bicyclic) bond motifs is 3. The molecule has 2 aromatic carbocycles. The van der Waals surface area contributed by atoms with E-state index < -0.39 is 0 Å². The Morgan fingerprint density at radius 1 is 1.20 bits per heavy atom. The third-order valence-electron chi connectivity index (χ3n) is 4.05. The van der Waals surface area contributed by atoms with Crippen LogP contribution < -0.4 is 15.8 Å². The number of rotatable bonds is 4. The monoisotopic (exact) mass is 335 g/mol. The van der Waals surface area contributed by atoms with Crippen molar-refractivity contribution in [3.8, 4) is 11.5 Å². The average Bonchev–Trinajstić information content (AvgIpc) is 2.97. The number of hydrogen-bond donors (Lipinski definition) is 4. The summed E-state index contributed by atoms with van der Waals surface area (Å²) in [5.74, 6) is 1.77. The molecule has 0 radical (unpaired) electrons. The lowest BCUT2D eigenvalue weighted by Gasteiger charge is -2.09. The van der Waals surface area contributed by atoms with E-state index >= 15 is 0 Å². The molecular formula is C18H17N5O2. The summed E-state index contributed by atoms with van der Waals surface area (Å²) in [5, 5.41) is 14.7. The molecule has 7 nitrogen and oxygen atoms in total. The Hall–Kier alpha value is -3.48. The van der Waals surface area contributed by atoms with Crippen LogP contribution in [0, 0.1) is 0 Å². The number of nitrogen functional groups attached to an aromatic ring is 1. The van der Waals surface area contributed by atoms with Crippen molar-refractivity contribution in [3.05, 3.63) is 48.0 Å². The van der Waals surface area contributed by atoms with Crippen molar-refractivity contribution in [2.75, 3.05) is 18.2 Å². The number of phenols is 1. The van der Waals surface area contributed by atoms with E-state index in [1.807, 2.05) is 24.3 Å². The van der Waals surface area contributed by atoms with Crippen LogP contribution in [0.1, 0.15) is 5.56 Å². The number of H-pyrrole nitrogens is 1. The van der Waals surface area contributed by atoms with Gasteiger partial charge in [0.2, 0.25) is 5.95 Å². The zero-order chi connectivity index (χ0) is 17.4. The lowest BCUT2D eigenvalue weighted by atomic mass is 10.2. The van der Waals surface area contributed by atoms with Gasteiger partial charge in [0.25, 0.3) is 0 Å². The number of benzene rings is 2. The van der Waals surface area contributed by atoms with E-state index in [4.69, 9.17) is 10.5 Å². The van der Waals surface area contributed by atoms with Gasteiger partial charge >= 0.3 is 0 Å². The molecule has 0 unspecified atom stereocenters. The van der Waals surface area contributed by atoms with Gasteiger partial charge in [0.1, 0.15) is 23.0 Å². The van der Waals surface area contributed by atoms with Crippen LogP contribution in [0.2, 0.25) is 0 Å². The molecule has 0 spiro atoms. The maximum Gasteiger partial charge on any atom is 0.223 e. The fraction of sp³-hybridized carbons (Fsp3) is 0.111. The Bertz CT molecular complexity index is 1070. The van der Waals surface area contributed by atoms with Crippen molar-refractivity contribution in [2.45, 2.75) is 6.54 Å². The standard InChI is InChI=1S/C18H17N5O2/c1-25-12-4-2-3-10(7-12)9-20-16-15-13-8-11(24)5-6-14(13)21-17(15)23-18(19)22-16/h2-8,24H,9H2,1H3,(H4,19,20,21,22,23). The second kappa shape index (κ2) is 5.86. The van der Waals surface area contributed by atoms with Gasteiger partial charge in [0.15, 0.2) is 0 Å². The molecule has 0 aliphatic carbocycles. The Morgan fingerprint density at radius 2 is 2.08 bits per heavy atom. The molecule has 4 rings (SSSR count). The van der Waals surface area contributed by atoms with Crippen molar-refractivity contribution in [3.63, 3.8) is 0 Å². The Kier molecular flexibility index (Phi) is 3.53. The minimum Gasteiger partial charge on any atom is -0.508 e.